The Kier molecular flexibility index (Phi) is 5.94. The predicted molar refractivity (Wildman–Crippen MR) is 119 cm³/mol. The standard InChI is InChI=1S/C23H27N3O2S/c1-16-4-6-18(3)19(14-16)22(27)26(9-8-25-10-12-28-13-11-25)23-24-20-7-5-17(2)15-21(20)29-23/h4-7,14-15H,8-13H2,1-3H3. The van der Waals surface area contributed by atoms with Crippen molar-refractivity contribution in [1.29, 1.82) is 0 Å². The molecular formula is C23H27N3O2S. The van der Waals surface area contributed by atoms with Crippen molar-refractivity contribution >= 4 is 32.6 Å². The summed E-state index contributed by atoms with van der Waals surface area (Å²) in [5, 5.41) is 0.768. The van der Waals surface area contributed by atoms with Gasteiger partial charge >= 0.3 is 0 Å². The van der Waals surface area contributed by atoms with Gasteiger partial charge in [-0.15, -0.1) is 0 Å². The number of hydrogen-bond donors (Lipinski definition) is 0. The predicted octanol–water partition coefficient (Wildman–Crippen LogP) is 4.20. The quantitative estimate of drug-likeness (QED) is 0.634. The molecule has 4 rings (SSSR count). The number of carbonyl (C=O) groups excluding carboxylic acids is 1. The molecule has 6 heteroatoms. The average molecular weight is 410 g/mol. The summed E-state index contributed by atoms with van der Waals surface area (Å²) in [5.41, 5.74) is 4.98. The van der Waals surface area contributed by atoms with Gasteiger partial charge < -0.3 is 4.74 Å². The van der Waals surface area contributed by atoms with Crippen LogP contribution in [0.25, 0.3) is 10.2 Å². The number of hydrogen-bond acceptors (Lipinski definition) is 5. The summed E-state index contributed by atoms with van der Waals surface area (Å²) in [6.07, 6.45) is 0. The number of thiazole rings is 1. The summed E-state index contributed by atoms with van der Waals surface area (Å²) in [7, 11) is 0. The first-order chi connectivity index (χ1) is 14.0. The molecule has 1 aliphatic rings. The van der Waals surface area contributed by atoms with Crippen molar-refractivity contribution in [3.63, 3.8) is 0 Å². The lowest BCUT2D eigenvalue weighted by Crippen LogP contribution is -2.43. The maximum atomic E-state index is 13.6. The Hall–Kier alpha value is -2.28. The van der Waals surface area contributed by atoms with Crippen molar-refractivity contribution in [1.82, 2.24) is 9.88 Å². The molecule has 1 amide bonds. The van der Waals surface area contributed by atoms with Gasteiger partial charge in [-0.25, -0.2) is 4.98 Å². The van der Waals surface area contributed by atoms with E-state index in [0.29, 0.717) is 6.54 Å². The average Bonchev–Trinajstić information content (AvgIpc) is 3.13. The molecule has 0 bridgehead atoms. The molecular weight excluding hydrogens is 382 g/mol. The summed E-state index contributed by atoms with van der Waals surface area (Å²) < 4.78 is 6.57. The molecule has 0 N–H and O–H groups in total. The van der Waals surface area contributed by atoms with E-state index >= 15 is 0 Å². The molecule has 1 aromatic heterocycles. The van der Waals surface area contributed by atoms with Gasteiger partial charge in [0.15, 0.2) is 5.13 Å². The third-order valence-corrected chi connectivity index (χ3v) is 6.42. The van der Waals surface area contributed by atoms with Crippen molar-refractivity contribution in [3.8, 4) is 0 Å². The lowest BCUT2D eigenvalue weighted by atomic mass is 10.0. The smallest absolute Gasteiger partial charge is 0.260 e. The number of amides is 1. The van der Waals surface area contributed by atoms with Gasteiger partial charge in [0.1, 0.15) is 0 Å². The number of benzene rings is 2. The SMILES string of the molecule is Cc1ccc(C)c(C(=O)N(CCN2CCOCC2)c2nc3ccc(C)cc3s2)c1. The fraction of sp³-hybridized carbons (Fsp3) is 0.391. The van der Waals surface area contributed by atoms with Gasteiger partial charge in [0, 0.05) is 31.7 Å². The highest BCUT2D eigenvalue weighted by molar-refractivity contribution is 7.22. The van der Waals surface area contributed by atoms with Crippen LogP contribution in [0.3, 0.4) is 0 Å². The molecule has 0 unspecified atom stereocenters. The summed E-state index contributed by atoms with van der Waals surface area (Å²) in [6.45, 7) is 10.9. The normalized spacial score (nSPS) is 15.0. The van der Waals surface area contributed by atoms with Gasteiger partial charge in [-0.3, -0.25) is 14.6 Å². The second kappa shape index (κ2) is 8.61. The number of carbonyl (C=O) groups is 1. The third kappa shape index (κ3) is 4.50. The first kappa shape index (κ1) is 20.0. The molecule has 2 aromatic carbocycles. The van der Waals surface area contributed by atoms with E-state index in [2.05, 4.69) is 24.0 Å². The van der Waals surface area contributed by atoms with Crippen LogP contribution in [0.5, 0.6) is 0 Å². The van der Waals surface area contributed by atoms with Crippen LogP contribution in [-0.2, 0) is 4.74 Å². The van der Waals surface area contributed by atoms with Gasteiger partial charge in [0.2, 0.25) is 0 Å². The minimum atomic E-state index is 0.0234. The lowest BCUT2D eigenvalue weighted by Gasteiger charge is -2.29. The molecule has 1 saturated heterocycles. The highest BCUT2D eigenvalue weighted by atomic mass is 32.1. The number of rotatable bonds is 5. The number of aryl methyl sites for hydroxylation is 3. The summed E-state index contributed by atoms with van der Waals surface area (Å²) in [5.74, 6) is 0.0234. The van der Waals surface area contributed by atoms with E-state index < -0.39 is 0 Å². The zero-order chi connectivity index (χ0) is 20.4. The van der Waals surface area contributed by atoms with Crippen LogP contribution in [0.15, 0.2) is 36.4 Å². The Morgan fingerprint density at radius 1 is 1.10 bits per heavy atom. The van der Waals surface area contributed by atoms with Gasteiger partial charge in [-0.05, 0) is 50.1 Å². The van der Waals surface area contributed by atoms with Crippen LogP contribution in [0.4, 0.5) is 5.13 Å². The molecule has 1 fully saturated rings. The van der Waals surface area contributed by atoms with Crippen LogP contribution in [-0.4, -0.2) is 55.2 Å². The molecule has 3 aromatic rings. The topological polar surface area (TPSA) is 45.7 Å². The molecule has 0 aliphatic carbocycles. The van der Waals surface area contributed by atoms with E-state index in [1.807, 2.05) is 43.0 Å². The number of ether oxygens (including phenoxy) is 1. The monoisotopic (exact) mass is 409 g/mol. The molecule has 1 aliphatic heterocycles. The lowest BCUT2D eigenvalue weighted by molar-refractivity contribution is 0.0391. The highest BCUT2D eigenvalue weighted by Gasteiger charge is 2.24. The van der Waals surface area contributed by atoms with Crippen LogP contribution < -0.4 is 4.90 Å². The molecule has 0 atom stereocenters. The van der Waals surface area contributed by atoms with E-state index in [0.717, 1.165) is 64.9 Å². The highest BCUT2D eigenvalue weighted by Crippen LogP contribution is 2.31. The van der Waals surface area contributed by atoms with Crippen molar-refractivity contribution in [2.45, 2.75) is 20.8 Å². The molecule has 152 valence electrons. The summed E-state index contributed by atoms with van der Waals surface area (Å²) >= 11 is 1.59. The van der Waals surface area contributed by atoms with Crippen molar-refractivity contribution in [2.24, 2.45) is 0 Å². The van der Waals surface area contributed by atoms with E-state index in [9.17, 15) is 4.79 Å². The first-order valence-corrected chi connectivity index (χ1v) is 10.9. The zero-order valence-electron chi connectivity index (χ0n) is 17.3. The van der Waals surface area contributed by atoms with Gasteiger partial charge in [0.25, 0.3) is 5.91 Å². The second-order valence-electron chi connectivity index (χ2n) is 7.70. The second-order valence-corrected chi connectivity index (χ2v) is 8.71. The summed E-state index contributed by atoms with van der Waals surface area (Å²) in [4.78, 5) is 22.6. The van der Waals surface area contributed by atoms with E-state index in [-0.39, 0.29) is 5.91 Å². The Labute approximate surface area is 175 Å². The maximum Gasteiger partial charge on any atom is 0.260 e. The largest absolute Gasteiger partial charge is 0.379 e. The molecule has 29 heavy (non-hydrogen) atoms. The number of aromatic nitrogens is 1. The van der Waals surface area contributed by atoms with E-state index in [1.165, 1.54) is 5.56 Å². The molecule has 0 radical (unpaired) electrons. The van der Waals surface area contributed by atoms with Gasteiger partial charge in [-0.1, -0.05) is 35.1 Å². The number of fused-ring (bicyclic) bond motifs is 1. The molecule has 0 saturated carbocycles. The van der Waals surface area contributed by atoms with Crippen molar-refractivity contribution < 1.29 is 9.53 Å². The molecule has 0 spiro atoms. The minimum absolute atomic E-state index is 0.0234. The fourth-order valence-electron chi connectivity index (χ4n) is 3.60. The van der Waals surface area contributed by atoms with E-state index in [1.54, 1.807) is 11.3 Å². The fourth-order valence-corrected chi connectivity index (χ4v) is 4.69. The zero-order valence-corrected chi connectivity index (χ0v) is 18.1. The van der Waals surface area contributed by atoms with E-state index in [4.69, 9.17) is 9.72 Å². The van der Waals surface area contributed by atoms with Gasteiger partial charge in [0.05, 0.1) is 23.4 Å². The van der Waals surface area contributed by atoms with Crippen LogP contribution in [0.2, 0.25) is 0 Å². The van der Waals surface area contributed by atoms with Crippen LogP contribution in [0, 0.1) is 20.8 Å². The Bertz CT molecular complexity index is 1020. The number of anilines is 1. The third-order valence-electron chi connectivity index (χ3n) is 5.38. The Morgan fingerprint density at radius 3 is 2.62 bits per heavy atom. The minimum Gasteiger partial charge on any atom is -0.379 e. The van der Waals surface area contributed by atoms with Gasteiger partial charge in [-0.2, -0.15) is 0 Å². The van der Waals surface area contributed by atoms with Crippen molar-refractivity contribution in [3.05, 3.63) is 58.7 Å². The van der Waals surface area contributed by atoms with Crippen LogP contribution in [0.1, 0.15) is 27.0 Å². The summed E-state index contributed by atoms with van der Waals surface area (Å²) in [6, 6.07) is 12.3. The van der Waals surface area contributed by atoms with Crippen molar-refractivity contribution in [2.75, 3.05) is 44.3 Å². The first-order valence-electron chi connectivity index (χ1n) is 10.1. The number of nitrogens with zero attached hydrogens (tertiary/aromatic N) is 3. The molecule has 5 nitrogen and oxygen atoms in total. The number of morpholine rings is 1. The maximum absolute atomic E-state index is 13.6. The van der Waals surface area contributed by atoms with Crippen LogP contribution >= 0.6 is 11.3 Å². The Morgan fingerprint density at radius 2 is 1.83 bits per heavy atom. The molecule has 2 heterocycles. The Balaban J connectivity index is 1.67.